The van der Waals surface area contributed by atoms with Gasteiger partial charge in [-0.1, -0.05) is 49.6 Å². The fourth-order valence-corrected chi connectivity index (χ4v) is 2.57. The van der Waals surface area contributed by atoms with Crippen LogP contribution in [0.3, 0.4) is 0 Å². The van der Waals surface area contributed by atoms with Gasteiger partial charge in [-0.15, -0.1) is 0 Å². The third-order valence-electron chi connectivity index (χ3n) is 3.46. The van der Waals surface area contributed by atoms with Crippen LogP contribution >= 0.6 is 15.9 Å². The minimum Gasteiger partial charge on any atom is -0.298 e. The quantitative estimate of drug-likeness (QED) is 0.310. The summed E-state index contributed by atoms with van der Waals surface area (Å²) in [5, 5.41) is 9.22. The average Bonchev–Trinajstić information content (AvgIpc) is 2.69. The predicted octanol–water partition coefficient (Wildman–Crippen LogP) is 4.98. The molecule has 0 aromatic carbocycles. The van der Waals surface area contributed by atoms with Crippen LogP contribution < -0.4 is 5.56 Å². The van der Waals surface area contributed by atoms with Crippen molar-refractivity contribution in [3.63, 3.8) is 0 Å². The van der Waals surface area contributed by atoms with Gasteiger partial charge >= 0.3 is 0 Å². The molecule has 6 heteroatoms. The molecule has 142 valence electrons. The predicted molar refractivity (Wildman–Crippen MR) is 118 cm³/mol. The highest BCUT2D eigenvalue weighted by Crippen LogP contribution is 2.17. The Bertz CT molecular complexity index is 1000. The number of nitriles is 1. The Morgan fingerprint density at radius 1 is 1.36 bits per heavy atom. The number of aromatic nitrogens is 2. The molecule has 1 rings (SSSR count). The van der Waals surface area contributed by atoms with Crippen LogP contribution in [0.4, 0.5) is 0 Å². The molecule has 28 heavy (non-hydrogen) atoms. The molecule has 0 amide bonds. The Balaban J connectivity index is 3.18. The van der Waals surface area contributed by atoms with E-state index in [4.69, 9.17) is 0 Å². The van der Waals surface area contributed by atoms with Crippen LogP contribution in [0.15, 0.2) is 82.3 Å². The monoisotopic (exact) mass is 437 g/mol. The molecule has 5 nitrogen and oxygen atoms in total. The molecule has 0 spiro atoms. The maximum absolute atomic E-state index is 12.1. The molecule has 0 aliphatic carbocycles. The van der Waals surface area contributed by atoms with E-state index in [1.807, 2.05) is 25.2 Å². The van der Waals surface area contributed by atoms with Crippen molar-refractivity contribution in [1.82, 2.24) is 9.55 Å². The molecule has 0 saturated carbocycles. The summed E-state index contributed by atoms with van der Waals surface area (Å²) in [5.41, 5.74) is 0.862. The second-order valence-corrected chi connectivity index (χ2v) is 6.15. The van der Waals surface area contributed by atoms with Gasteiger partial charge in [-0.3, -0.25) is 14.2 Å². The Hall–Kier alpha value is -3.30. The van der Waals surface area contributed by atoms with Crippen molar-refractivity contribution < 1.29 is 4.79 Å². The number of carbonyl (C=O) groups excluding carboxylic acids is 1. The Morgan fingerprint density at radius 3 is 2.68 bits per heavy atom. The van der Waals surface area contributed by atoms with E-state index in [1.54, 1.807) is 30.4 Å². The summed E-state index contributed by atoms with van der Waals surface area (Å²) in [6, 6.07) is 2.13. The SMILES string of the molecule is C=C/C=C(Br)\C(C#N)=C\C/C=C(\C=C/C)/C=C/c1ncc(C=O)c(=O)n1C=C. The van der Waals surface area contributed by atoms with Gasteiger partial charge in [0.05, 0.1) is 17.2 Å². The first-order chi connectivity index (χ1) is 13.5. The maximum atomic E-state index is 12.1. The second-order valence-electron chi connectivity index (χ2n) is 5.30. The summed E-state index contributed by atoms with van der Waals surface area (Å²) in [6.07, 6.45) is 17.8. The largest absolute Gasteiger partial charge is 0.298 e. The van der Waals surface area contributed by atoms with Crippen LogP contribution in [-0.2, 0) is 0 Å². The Morgan fingerprint density at radius 2 is 2.11 bits per heavy atom. The first kappa shape index (κ1) is 22.7. The van der Waals surface area contributed by atoms with Gasteiger partial charge in [0, 0.05) is 16.9 Å². The van der Waals surface area contributed by atoms with Crippen molar-refractivity contribution in [2.45, 2.75) is 13.3 Å². The van der Waals surface area contributed by atoms with E-state index >= 15 is 0 Å². The van der Waals surface area contributed by atoms with Gasteiger partial charge in [0.2, 0.25) is 0 Å². The lowest BCUT2D eigenvalue weighted by molar-refractivity contribution is 0.112. The molecule has 0 fully saturated rings. The zero-order valence-corrected chi connectivity index (χ0v) is 17.1. The molecule has 0 bridgehead atoms. The van der Waals surface area contributed by atoms with Gasteiger partial charge in [-0.2, -0.15) is 5.26 Å². The molecular weight excluding hydrogens is 418 g/mol. The van der Waals surface area contributed by atoms with Crippen LogP contribution in [0.2, 0.25) is 0 Å². The molecule has 0 N–H and O–H groups in total. The molecule has 1 aromatic rings. The summed E-state index contributed by atoms with van der Waals surface area (Å²) in [7, 11) is 0. The average molecular weight is 438 g/mol. The fourth-order valence-electron chi connectivity index (χ4n) is 2.13. The topological polar surface area (TPSA) is 75.8 Å². The van der Waals surface area contributed by atoms with Crippen molar-refractivity contribution >= 4 is 34.5 Å². The third kappa shape index (κ3) is 6.45. The molecule has 0 saturated heterocycles. The minimum absolute atomic E-state index is 0.0337. The van der Waals surface area contributed by atoms with Crippen molar-refractivity contribution in [3.05, 3.63) is 99.3 Å². The van der Waals surface area contributed by atoms with Gasteiger partial charge in [0.1, 0.15) is 5.82 Å². The van der Waals surface area contributed by atoms with Crippen molar-refractivity contribution in [3.8, 4) is 6.07 Å². The number of carbonyl (C=O) groups is 1. The van der Waals surface area contributed by atoms with E-state index in [2.05, 4.69) is 40.1 Å². The minimum atomic E-state index is -0.475. The summed E-state index contributed by atoms with van der Waals surface area (Å²) >= 11 is 3.33. The normalized spacial score (nSPS) is 13.0. The van der Waals surface area contributed by atoms with E-state index in [-0.39, 0.29) is 5.56 Å². The van der Waals surface area contributed by atoms with E-state index in [9.17, 15) is 14.9 Å². The van der Waals surface area contributed by atoms with Crippen LogP contribution in [0.25, 0.3) is 12.3 Å². The van der Waals surface area contributed by atoms with Gasteiger partial charge in [0.15, 0.2) is 6.29 Å². The maximum Gasteiger partial charge on any atom is 0.268 e. The van der Waals surface area contributed by atoms with Crippen molar-refractivity contribution in [1.29, 1.82) is 5.26 Å². The number of hydrogen-bond acceptors (Lipinski definition) is 4. The molecule has 1 aromatic heterocycles. The summed E-state index contributed by atoms with van der Waals surface area (Å²) in [6.45, 7) is 9.08. The lowest BCUT2D eigenvalue weighted by Gasteiger charge is -2.04. The fraction of sp³-hybridized carbons (Fsp3) is 0.0909. The molecule has 0 aliphatic rings. The number of allylic oxidation sites excluding steroid dienone is 10. The molecular formula is C22H20BrN3O2. The lowest BCUT2D eigenvalue weighted by Crippen LogP contribution is -2.22. The van der Waals surface area contributed by atoms with Crippen molar-refractivity contribution in [2.24, 2.45) is 0 Å². The van der Waals surface area contributed by atoms with Gasteiger partial charge in [0.25, 0.3) is 5.56 Å². The van der Waals surface area contributed by atoms with Crippen molar-refractivity contribution in [2.75, 3.05) is 0 Å². The van der Waals surface area contributed by atoms with E-state index < -0.39 is 5.56 Å². The molecule has 0 unspecified atom stereocenters. The summed E-state index contributed by atoms with van der Waals surface area (Å²) in [4.78, 5) is 27.1. The third-order valence-corrected chi connectivity index (χ3v) is 4.15. The van der Waals surface area contributed by atoms with Gasteiger partial charge in [-0.05, 0) is 47.0 Å². The molecule has 0 radical (unpaired) electrons. The van der Waals surface area contributed by atoms with Gasteiger partial charge in [-0.25, -0.2) is 4.98 Å². The zero-order valence-electron chi connectivity index (χ0n) is 15.5. The highest BCUT2D eigenvalue weighted by molar-refractivity contribution is 9.12. The van der Waals surface area contributed by atoms with E-state index in [0.29, 0.717) is 28.6 Å². The molecule has 0 aliphatic heterocycles. The van der Waals surface area contributed by atoms with Crippen LogP contribution in [0.5, 0.6) is 0 Å². The zero-order chi connectivity index (χ0) is 20.9. The van der Waals surface area contributed by atoms with Gasteiger partial charge < -0.3 is 0 Å². The second kappa shape index (κ2) is 12.2. The number of halogens is 1. The van der Waals surface area contributed by atoms with Crippen LogP contribution in [0, 0.1) is 11.3 Å². The van der Waals surface area contributed by atoms with Crippen LogP contribution in [-0.4, -0.2) is 15.8 Å². The first-order valence-corrected chi connectivity index (χ1v) is 9.10. The standard InChI is InChI=1S/C22H20BrN3O2/c1-4-8-17(10-7-11-18(14-24)20(23)9-5-2)12-13-21-25-15-19(16-27)22(28)26(21)6-3/h4-6,8-13,15-16H,2-3,7H2,1H3/b8-4-,13-12+,17-10+,18-11+,20-9+. The number of nitrogens with zero attached hydrogens (tertiary/aromatic N) is 3. The Labute approximate surface area is 172 Å². The van der Waals surface area contributed by atoms with E-state index in [0.717, 1.165) is 5.57 Å². The number of rotatable bonds is 9. The smallest absolute Gasteiger partial charge is 0.268 e. The highest BCUT2D eigenvalue weighted by Gasteiger charge is 2.05. The summed E-state index contributed by atoms with van der Waals surface area (Å²) in [5.74, 6) is 0.353. The number of aldehydes is 1. The molecule has 0 atom stereocenters. The Kier molecular flexibility index (Phi) is 9.87. The first-order valence-electron chi connectivity index (χ1n) is 8.31. The lowest BCUT2D eigenvalue weighted by atomic mass is 10.1. The highest BCUT2D eigenvalue weighted by atomic mass is 79.9. The van der Waals surface area contributed by atoms with E-state index in [1.165, 1.54) is 17.0 Å². The molecule has 1 heterocycles. The summed E-state index contributed by atoms with van der Waals surface area (Å²) < 4.78 is 1.87. The number of hydrogen-bond donors (Lipinski definition) is 0. The van der Waals surface area contributed by atoms with Crippen LogP contribution in [0.1, 0.15) is 29.5 Å².